The molecule has 0 saturated carbocycles. The van der Waals surface area contributed by atoms with Gasteiger partial charge >= 0.3 is 20.5 Å². The maximum absolute atomic E-state index is 11.2. The third kappa shape index (κ3) is 4.07. The van der Waals surface area contributed by atoms with Crippen LogP contribution in [-0.2, 0) is 23.2 Å². The predicted octanol–water partition coefficient (Wildman–Crippen LogP) is 1.39. The van der Waals surface area contributed by atoms with Crippen LogP contribution >= 0.6 is 0 Å². The summed E-state index contributed by atoms with van der Waals surface area (Å²) in [5.41, 5.74) is 0. The molecule has 0 aromatic rings. The second kappa shape index (κ2) is 6.09. The van der Waals surface area contributed by atoms with Crippen molar-refractivity contribution in [3.8, 4) is 0 Å². The Morgan fingerprint density at radius 1 is 1.35 bits per heavy atom. The number of ether oxygens (including phenoxy) is 1. The molecule has 0 radical (unpaired) electrons. The van der Waals surface area contributed by atoms with Gasteiger partial charge in [0.1, 0.15) is 0 Å². The van der Waals surface area contributed by atoms with Crippen LogP contribution in [0.25, 0.3) is 0 Å². The minimum atomic E-state index is -2.07. The Bertz CT molecular complexity index is 322. The van der Waals surface area contributed by atoms with Crippen molar-refractivity contribution in [2.45, 2.75) is 25.4 Å². The van der Waals surface area contributed by atoms with Crippen molar-refractivity contribution in [3.63, 3.8) is 0 Å². The molecule has 0 spiro atoms. The molecule has 17 heavy (non-hydrogen) atoms. The van der Waals surface area contributed by atoms with Crippen molar-refractivity contribution in [1.29, 1.82) is 0 Å². The van der Waals surface area contributed by atoms with Gasteiger partial charge in [0, 0.05) is 20.3 Å². The molecule has 1 heterocycles. The third-order valence-electron chi connectivity index (χ3n) is 2.90. The molecule has 0 N–H and O–H groups in total. The van der Waals surface area contributed by atoms with E-state index in [1.807, 2.05) is 18.7 Å². The van der Waals surface area contributed by atoms with Gasteiger partial charge in [-0.05, 0) is 13.0 Å². The van der Waals surface area contributed by atoms with E-state index in [9.17, 15) is 9.59 Å². The number of allylic oxidation sites excluding steroid dienone is 2. The van der Waals surface area contributed by atoms with Crippen LogP contribution in [0.1, 0.15) is 12.8 Å². The Morgan fingerprint density at radius 3 is 2.47 bits per heavy atom. The summed E-state index contributed by atoms with van der Waals surface area (Å²) < 4.78 is 15.1. The highest BCUT2D eigenvalue weighted by molar-refractivity contribution is 6.66. The molecule has 1 aliphatic rings. The highest BCUT2D eigenvalue weighted by Crippen LogP contribution is 2.20. The quantitative estimate of drug-likeness (QED) is 0.312. The molecule has 0 bridgehead atoms. The summed E-state index contributed by atoms with van der Waals surface area (Å²) in [6, 6.07) is 0.718. The normalized spacial score (nSPS) is 21.2. The molecule has 1 aliphatic heterocycles. The summed E-state index contributed by atoms with van der Waals surface area (Å²) in [5.74, 6) is -1.17. The Balaban J connectivity index is 2.36. The summed E-state index contributed by atoms with van der Waals surface area (Å²) in [5, 5.41) is 0. The van der Waals surface area contributed by atoms with Gasteiger partial charge in [-0.1, -0.05) is 12.2 Å². The van der Waals surface area contributed by atoms with Gasteiger partial charge in [-0.3, -0.25) is 9.59 Å². The first-order valence-corrected chi connectivity index (χ1v) is 8.03. The molecule has 6 heteroatoms. The van der Waals surface area contributed by atoms with E-state index >= 15 is 0 Å². The van der Waals surface area contributed by atoms with Crippen LogP contribution in [0.3, 0.4) is 0 Å². The van der Waals surface area contributed by atoms with Crippen LogP contribution < -0.4 is 0 Å². The molecule has 1 rings (SSSR count). The average Bonchev–Trinajstić information content (AvgIpc) is 2.63. The highest BCUT2D eigenvalue weighted by Gasteiger charge is 2.32. The zero-order valence-corrected chi connectivity index (χ0v) is 11.4. The average molecular weight is 258 g/mol. The summed E-state index contributed by atoms with van der Waals surface area (Å²) >= 11 is 0. The largest absolute Gasteiger partial charge is 0.398 e. The fraction of sp³-hybridized carbons (Fsp3) is 0.636. The van der Waals surface area contributed by atoms with Gasteiger partial charge in [0.05, 0.1) is 12.3 Å². The molecule has 0 aromatic heterocycles. The molecule has 1 atom stereocenters. The van der Waals surface area contributed by atoms with E-state index in [2.05, 4.69) is 4.74 Å². The fourth-order valence-corrected chi connectivity index (χ4v) is 2.60. The standard InChI is InChI=1S/C11H18O5Si/c1-14-17(3,15-2)7-5-4-6-9-8-10(12)16-11(9)13/h4-5,9H,6-8H2,1-3H3/b5-4+. The van der Waals surface area contributed by atoms with Gasteiger partial charge in [-0.25, -0.2) is 0 Å². The van der Waals surface area contributed by atoms with Gasteiger partial charge in [-0.15, -0.1) is 0 Å². The summed E-state index contributed by atoms with van der Waals surface area (Å²) in [7, 11) is 1.20. The van der Waals surface area contributed by atoms with E-state index in [1.54, 1.807) is 14.2 Å². The molecular weight excluding hydrogens is 240 g/mol. The van der Waals surface area contributed by atoms with Crippen molar-refractivity contribution in [3.05, 3.63) is 12.2 Å². The third-order valence-corrected chi connectivity index (χ3v) is 5.60. The molecule has 1 unspecified atom stereocenters. The molecule has 0 aromatic carbocycles. The SMILES string of the molecule is CO[Si](C)(C/C=C/CC1CC(=O)OC1=O)OC. The maximum Gasteiger partial charge on any atom is 0.338 e. The Kier molecular flexibility index (Phi) is 5.04. The van der Waals surface area contributed by atoms with E-state index in [4.69, 9.17) is 8.85 Å². The van der Waals surface area contributed by atoms with Crippen molar-refractivity contribution < 1.29 is 23.2 Å². The molecule has 0 aliphatic carbocycles. The van der Waals surface area contributed by atoms with Crippen LogP contribution in [0.4, 0.5) is 0 Å². The van der Waals surface area contributed by atoms with Gasteiger partial charge < -0.3 is 13.6 Å². The number of hydrogen-bond donors (Lipinski definition) is 0. The number of carbonyl (C=O) groups excluding carboxylic acids is 2. The summed E-state index contributed by atoms with van der Waals surface area (Å²) in [6.45, 7) is 1.96. The second-order valence-corrected chi connectivity index (χ2v) is 7.64. The first-order chi connectivity index (χ1) is 8.00. The second-order valence-electron chi connectivity index (χ2n) is 4.15. The van der Waals surface area contributed by atoms with E-state index in [-0.39, 0.29) is 12.3 Å². The van der Waals surface area contributed by atoms with Crippen LogP contribution in [0.15, 0.2) is 12.2 Å². The summed E-state index contributed by atoms with van der Waals surface area (Å²) in [6.07, 6.45) is 4.54. The van der Waals surface area contributed by atoms with Crippen molar-refractivity contribution in [2.24, 2.45) is 5.92 Å². The van der Waals surface area contributed by atoms with E-state index in [0.717, 1.165) is 6.04 Å². The lowest BCUT2D eigenvalue weighted by molar-refractivity contribution is -0.153. The van der Waals surface area contributed by atoms with Crippen molar-refractivity contribution in [1.82, 2.24) is 0 Å². The van der Waals surface area contributed by atoms with Crippen LogP contribution in [0.2, 0.25) is 12.6 Å². The number of esters is 2. The highest BCUT2D eigenvalue weighted by atomic mass is 28.4. The van der Waals surface area contributed by atoms with Gasteiger partial charge in [-0.2, -0.15) is 0 Å². The molecule has 1 saturated heterocycles. The lowest BCUT2D eigenvalue weighted by atomic mass is 10.0. The molecule has 1 fully saturated rings. The summed E-state index contributed by atoms with van der Waals surface area (Å²) in [4.78, 5) is 22.0. The van der Waals surface area contributed by atoms with E-state index in [1.165, 1.54) is 0 Å². The van der Waals surface area contributed by atoms with Gasteiger partial charge in [0.25, 0.3) is 0 Å². The number of rotatable bonds is 6. The predicted molar refractivity (Wildman–Crippen MR) is 63.4 cm³/mol. The van der Waals surface area contributed by atoms with Gasteiger partial charge in [0.2, 0.25) is 0 Å². The van der Waals surface area contributed by atoms with E-state index in [0.29, 0.717) is 6.42 Å². The van der Waals surface area contributed by atoms with Crippen molar-refractivity contribution in [2.75, 3.05) is 14.2 Å². The van der Waals surface area contributed by atoms with Gasteiger partial charge in [0.15, 0.2) is 0 Å². The zero-order chi connectivity index (χ0) is 12.9. The molecule has 0 amide bonds. The Labute approximate surface area is 102 Å². The molecule has 96 valence electrons. The van der Waals surface area contributed by atoms with Crippen LogP contribution in [-0.4, -0.2) is 34.7 Å². The Hall–Kier alpha value is -0.983. The van der Waals surface area contributed by atoms with E-state index < -0.39 is 20.5 Å². The topological polar surface area (TPSA) is 61.8 Å². The lowest BCUT2D eigenvalue weighted by Gasteiger charge is -2.20. The van der Waals surface area contributed by atoms with Crippen LogP contribution in [0, 0.1) is 5.92 Å². The Morgan fingerprint density at radius 2 is 2.00 bits per heavy atom. The minimum absolute atomic E-state index is 0.187. The number of hydrogen-bond acceptors (Lipinski definition) is 5. The monoisotopic (exact) mass is 258 g/mol. The smallest absolute Gasteiger partial charge is 0.338 e. The number of carbonyl (C=O) groups is 2. The van der Waals surface area contributed by atoms with Crippen LogP contribution in [0.5, 0.6) is 0 Å². The lowest BCUT2D eigenvalue weighted by Crippen LogP contribution is -2.35. The fourth-order valence-electron chi connectivity index (χ4n) is 1.51. The number of cyclic esters (lactones) is 2. The first kappa shape index (κ1) is 14.1. The molecule has 5 nitrogen and oxygen atoms in total. The molecular formula is C11H18O5Si. The minimum Gasteiger partial charge on any atom is -0.398 e. The van der Waals surface area contributed by atoms with Crippen molar-refractivity contribution >= 4 is 20.5 Å². The maximum atomic E-state index is 11.2. The first-order valence-electron chi connectivity index (χ1n) is 5.50. The zero-order valence-electron chi connectivity index (χ0n) is 10.4.